The van der Waals surface area contributed by atoms with Gasteiger partial charge in [-0.05, 0) is 74.1 Å². The summed E-state index contributed by atoms with van der Waals surface area (Å²) < 4.78 is 33.1. The van der Waals surface area contributed by atoms with Gasteiger partial charge in [0.1, 0.15) is 11.6 Å². The number of nitrogens with zero attached hydrogens (tertiary/aromatic N) is 3. The molecule has 5 rings (SSSR count). The van der Waals surface area contributed by atoms with E-state index in [0.29, 0.717) is 25.4 Å². The van der Waals surface area contributed by atoms with Gasteiger partial charge in [-0.15, -0.1) is 13.2 Å². The van der Waals surface area contributed by atoms with Gasteiger partial charge < -0.3 is 19.1 Å². The number of pyridine rings is 1. The van der Waals surface area contributed by atoms with Gasteiger partial charge in [-0.1, -0.05) is 30.4 Å². The second-order valence-corrected chi connectivity index (χ2v) is 11.4. The molecule has 0 saturated carbocycles. The van der Waals surface area contributed by atoms with E-state index in [4.69, 9.17) is 19.3 Å². The number of aromatic nitrogens is 2. The third-order valence-electron chi connectivity index (χ3n) is 8.28. The van der Waals surface area contributed by atoms with Gasteiger partial charge in [-0.3, -0.25) is 4.79 Å². The van der Waals surface area contributed by atoms with E-state index in [1.54, 1.807) is 18.2 Å². The fraction of sp³-hybridized carbons (Fsp3) is 0.333. The van der Waals surface area contributed by atoms with Crippen molar-refractivity contribution in [3.05, 3.63) is 97.0 Å². The highest BCUT2D eigenvalue weighted by Crippen LogP contribution is 2.38. The first-order valence-electron chi connectivity index (χ1n) is 15.0. The van der Waals surface area contributed by atoms with Gasteiger partial charge in [-0.2, -0.15) is 5.10 Å². The average molecular weight is 598 g/mol. The molecule has 1 fully saturated rings. The standard InChI is InChI=1S/C36H40FN3O4/c1-6-8-19-43-33-21-28(37)12-13-29(33)26-10-9-11-27(20-26)31-23-32-35(39-16-14-36(4,15-17-39)44-18-7-2)30(22-34(41)42-5)25(3)24-40(32)38-31/h6-7,9-13,20-21,23-24H,1-2,8,14-19,22H2,3-5H3. The molecule has 0 spiro atoms. The van der Waals surface area contributed by atoms with Crippen molar-refractivity contribution >= 4 is 17.2 Å². The van der Waals surface area contributed by atoms with Gasteiger partial charge in [0.05, 0.1) is 49.2 Å². The molecule has 1 aliphatic heterocycles. The summed E-state index contributed by atoms with van der Waals surface area (Å²) in [7, 11) is 1.42. The quantitative estimate of drug-likeness (QED) is 0.0967. The number of anilines is 1. The largest absolute Gasteiger partial charge is 0.493 e. The van der Waals surface area contributed by atoms with Crippen LogP contribution in [0.1, 0.15) is 37.3 Å². The molecule has 3 heterocycles. The van der Waals surface area contributed by atoms with Crippen LogP contribution in [0.3, 0.4) is 0 Å². The number of hydrogen-bond donors (Lipinski definition) is 0. The average Bonchev–Trinajstić information content (AvgIpc) is 3.45. The van der Waals surface area contributed by atoms with E-state index >= 15 is 0 Å². The van der Waals surface area contributed by atoms with Crippen LogP contribution < -0.4 is 9.64 Å². The maximum atomic E-state index is 14.1. The molecule has 2 aromatic heterocycles. The summed E-state index contributed by atoms with van der Waals surface area (Å²) in [4.78, 5) is 14.9. The molecule has 0 radical (unpaired) electrons. The zero-order chi connectivity index (χ0) is 31.3. The third-order valence-corrected chi connectivity index (χ3v) is 8.28. The molecule has 0 amide bonds. The number of piperidine rings is 1. The minimum absolute atomic E-state index is 0.171. The third kappa shape index (κ3) is 6.70. The van der Waals surface area contributed by atoms with Crippen molar-refractivity contribution in [2.45, 2.75) is 45.1 Å². The zero-order valence-corrected chi connectivity index (χ0v) is 25.8. The van der Waals surface area contributed by atoms with Crippen molar-refractivity contribution < 1.29 is 23.4 Å². The molecule has 4 aromatic rings. The SMILES string of the molecule is C=CCCOc1cc(F)ccc1-c1cccc(-c2cc3c(N4CCC(C)(OCC=C)CC4)c(CC(=O)OC)c(C)cn3n2)c1. The van der Waals surface area contributed by atoms with Crippen LogP contribution in [-0.2, 0) is 20.7 Å². The maximum Gasteiger partial charge on any atom is 0.310 e. The summed E-state index contributed by atoms with van der Waals surface area (Å²) in [5.41, 5.74) is 6.98. The van der Waals surface area contributed by atoms with Crippen LogP contribution in [0.4, 0.5) is 10.1 Å². The van der Waals surface area contributed by atoms with Crippen LogP contribution in [0.5, 0.6) is 5.75 Å². The van der Waals surface area contributed by atoms with Crippen molar-refractivity contribution in [2.75, 3.05) is 38.3 Å². The molecule has 7 nitrogen and oxygen atoms in total. The van der Waals surface area contributed by atoms with Gasteiger partial charge in [-0.25, -0.2) is 8.91 Å². The van der Waals surface area contributed by atoms with Gasteiger partial charge in [0.2, 0.25) is 0 Å². The molecule has 0 unspecified atom stereocenters. The Morgan fingerprint density at radius 3 is 2.59 bits per heavy atom. The lowest BCUT2D eigenvalue weighted by Crippen LogP contribution is -2.45. The molecular formula is C36H40FN3O4. The summed E-state index contributed by atoms with van der Waals surface area (Å²) in [6.45, 7) is 14.2. The number of fused-ring (bicyclic) bond motifs is 1. The van der Waals surface area contributed by atoms with Gasteiger partial charge in [0, 0.05) is 36.5 Å². The Hall–Kier alpha value is -4.43. The van der Waals surface area contributed by atoms with Gasteiger partial charge in [0.15, 0.2) is 0 Å². The first-order chi connectivity index (χ1) is 21.2. The van der Waals surface area contributed by atoms with Gasteiger partial charge in [0.25, 0.3) is 0 Å². The first-order valence-corrected chi connectivity index (χ1v) is 15.0. The van der Waals surface area contributed by atoms with Crippen molar-refractivity contribution in [1.29, 1.82) is 0 Å². The lowest BCUT2D eigenvalue weighted by molar-refractivity contribution is -0.139. The Morgan fingerprint density at radius 2 is 1.86 bits per heavy atom. The molecule has 230 valence electrons. The van der Waals surface area contributed by atoms with Crippen LogP contribution in [0.25, 0.3) is 27.9 Å². The van der Waals surface area contributed by atoms with Crippen molar-refractivity contribution in [1.82, 2.24) is 9.61 Å². The molecule has 0 bridgehead atoms. The Labute approximate surface area is 258 Å². The monoisotopic (exact) mass is 597 g/mol. The predicted molar refractivity (Wildman–Crippen MR) is 173 cm³/mol. The minimum atomic E-state index is -0.352. The number of rotatable bonds is 12. The van der Waals surface area contributed by atoms with Crippen LogP contribution in [0.15, 0.2) is 80.0 Å². The number of benzene rings is 2. The lowest BCUT2D eigenvalue weighted by atomic mass is 9.92. The molecule has 0 N–H and O–H groups in total. The highest BCUT2D eigenvalue weighted by molar-refractivity contribution is 5.86. The molecular weight excluding hydrogens is 557 g/mol. The summed E-state index contributed by atoms with van der Waals surface area (Å²) in [5, 5.41) is 4.98. The van der Waals surface area contributed by atoms with E-state index < -0.39 is 0 Å². The second-order valence-electron chi connectivity index (χ2n) is 11.4. The van der Waals surface area contributed by atoms with E-state index in [-0.39, 0.29) is 23.8 Å². The Bertz CT molecular complexity index is 1670. The molecule has 8 heteroatoms. The highest BCUT2D eigenvalue weighted by atomic mass is 19.1. The van der Waals surface area contributed by atoms with Crippen LogP contribution in [-0.4, -0.2) is 54.6 Å². The van der Waals surface area contributed by atoms with E-state index in [1.165, 1.54) is 19.2 Å². The van der Waals surface area contributed by atoms with E-state index in [9.17, 15) is 9.18 Å². The Kier molecular flexibility index (Phi) is 9.49. The highest BCUT2D eigenvalue weighted by Gasteiger charge is 2.33. The number of halogens is 1. The van der Waals surface area contributed by atoms with Gasteiger partial charge >= 0.3 is 5.97 Å². The summed E-state index contributed by atoms with van der Waals surface area (Å²) in [6.07, 6.45) is 8.05. The minimum Gasteiger partial charge on any atom is -0.493 e. The Morgan fingerprint density at radius 1 is 1.09 bits per heavy atom. The van der Waals surface area contributed by atoms with E-state index in [1.807, 2.05) is 41.9 Å². The van der Waals surface area contributed by atoms with E-state index in [0.717, 1.165) is 70.6 Å². The number of aryl methyl sites for hydroxylation is 1. The summed E-state index contributed by atoms with van der Waals surface area (Å²) in [6, 6.07) is 14.7. The number of ether oxygens (including phenoxy) is 3. The predicted octanol–water partition coefficient (Wildman–Crippen LogP) is 7.35. The number of esters is 1. The Balaban J connectivity index is 1.55. The smallest absolute Gasteiger partial charge is 0.310 e. The summed E-state index contributed by atoms with van der Waals surface area (Å²) >= 11 is 0. The lowest BCUT2D eigenvalue weighted by Gasteiger charge is -2.41. The number of methoxy groups -OCH3 is 1. The number of carbonyl (C=O) groups excluding carboxylic acids is 1. The maximum absolute atomic E-state index is 14.1. The molecule has 0 atom stereocenters. The zero-order valence-electron chi connectivity index (χ0n) is 25.8. The summed E-state index contributed by atoms with van der Waals surface area (Å²) in [5.74, 6) is -0.152. The first kappa shape index (κ1) is 31.0. The fourth-order valence-corrected chi connectivity index (χ4v) is 5.77. The van der Waals surface area contributed by atoms with Crippen LogP contribution in [0, 0.1) is 12.7 Å². The van der Waals surface area contributed by atoms with Crippen molar-refractivity contribution in [3.63, 3.8) is 0 Å². The number of carbonyl (C=O) groups is 1. The molecule has 1 aliphatic rings. The normalized spacial score (nSPS) is 14.4. The van der Waals surface area contributed by atoms with Crippen LogP contribution >= 0.6 is 0 Å². The molecule has 44 heavy (non-hydrogen) atoms. The van der Waals surface area contributed by atoms with Crippen molar-refractivity contribution in [3.8, 4) is 28.1 Å². The fourth-order valence-electron chi connectivity index (χ4n) is 5.77. The van der Waals surface area contributed by atoms with E-state index in [2.05, 4.69) is 31.0 Å². The van der Waals surface area contributed by atoms with Crippen molar-refractivity contribution in [2.24, 2.45) is 0 Å². The molecule has 2 aromatic carbocycles. The second kappa shape index (κ2) is 13.5. The molecule has 0 aliphatic carbocycles. The topological polar surface area (TPSA) is 65.3 Å². The number of hydrogen-bond acceptors (Lipinski definition) is 6. The van der Waals surface area contributed by atoms with Crippen LogP contribution in [0.2, 0.25) is 0 Å². The molecule has 1 saturated heterocycles.